The minimum absolute atomic E-state index is 0.110. The topological polar surface area (TPSA) is 96.6 Å². The van der Waals surface area contributed by atoms with Gasteiger partial charge in [0.25, 0.3) is 0 Å². The number of nitrogens with one attached hydrogen (secondary N) is 1. The van der Waals surface area contributed by atoms with Crippen LogP contribution in [0.25, 0.3) is 0 Å². The minimum Gasteiger partial charge on any atom is -0.478 e. The summed E-state index contributed by atoms with van der Waals surface area (Å²) >= 11 is 0. The Kier molecular flexibility index (Phi) is 4.39. The van der Waals surface area contributed by atoms with Gasteiger partial charge in [-0.05, 0) is 44.5 Å². The molecular formula is C15H17NO5S. The third kappa shape index (κ3) is 3.37. The van der Waals surface area contributed by atoms with Gasteiger partial charge in [0.2, 0.25) is 10.0 Å². The Bertz CT molecular complexity index is 790. The van der Waals surface area contributed by atoms with E-state index in [1.807, 2.05) is 0 Å². The average molecular weight is 323 g/mol. The number of carbonyl (C=O) groups is 1. The van der Waals surface area contributed by atoms with Crippen LogP contribution in [0, 0.1) is 13.8 Å². The zero-order valence-corrected chi connectivity index (χ0v) is 13.3. The normalized spacial score (nSPS) is 13.0. The van der Waals surface area contributed by atoms with Gasteiger partial charge in [-0.3, -0.25) is 0 Å². The van der Waals surface area contributed by atoms with Crippen molar-refractivity contribution < 1.29 is 22.7 Å². The number of aromatic carboxylic acids is 1. The predicted molar refractivity (Wildman–Crippen MR) is 80.3 cm³/mol. The highest BCUT2D eigenvalue weighted by Crippen LogP contribution is 2.22. The summed E-state index contributed by atoms with van der Waals surface area (Å²) in [4.78, 5) is 10.9. The molecule has 22 heavy (non-hydrogen) atoms. The number of sulfonamides is 1. The lowest BCUT2D eigenvalue weighted by Crippen LogP contribution is -2.27. The lowest BCUT2D eigenvalue weighted by atomic mass is 10.1. The summed E-state index contributed by atoms with van der Waals surface area (Å²) in [7, 11) is -3.70. The molecule has 2 N–H and O–H groups in total. The third-order valence-electron chi connectivity index (χ3n) is 3.27. The van der Waals surface area contributed by atoms with E-state index in [0.717, 1.165) is 0 Å². The molecule has 0 bridgehead atoms. The molecule has 7 heteroatoms. The molecule has 6 nitrogen and oxygen atoms in total. The summed E-state index contributed by atoms with van der Waals surface area (Å²) in [5, 5.41) is 8.86. The van der Waals surface area contributed by atoms with E-state index in [2.05, 4.69) is 4.72 Å². The molecule has 2 aromatic rings. The minimum atomic E-state index is -3.70. The smallest absolute Gasteiger partial charge is 0.335 e. The molecule has 0 aliphatic rings. The molecular weight excluding hydrogens is 306 g/mol. The van der Waals surface area contributed by atoms with Gasteiger partial charge >= 0.3 is 5.97 Å². The molecule has 0 spiro atoms. The highest BCUT2D eigenvalue weighted by atomic mass is 32.2. The van der Waals surface area contributed by atoms with Gasteiger partial charge in [-0.25, -0.2) is 17.9 Å². The molecule has 0 unspecified atom stereocenters. The number of rotatable bonds is 5. The van der Waals surface area contributed by atoms with Crippen LogP contribution in [0.2, 0.25) is 0 Å². The summed E-state index contributed by atoms with van der Waals surface area (Å²) in [6.45, 7) is 4.96. The maximum absolute atomic E-state index is 12.4. The lowest BCUT2D eigenvalue weighted by Gasteiger charge is -2.14. The van der Waals surface area contributed by atoms with Crippen molar-refractivity contribution in [2.45, 2.75) is 31.7 Å². The Hall–Kier alpha value is -2.12. The van der Waals surface area contributed by atoms with Crippen LogP contribution in [0.15, 0.2) is 39.6 Å². The molecule has 0 saturated carbocycles. The molecule has 1 heterocycles. The maximum atomic E-state index is 12.4. The van der Waals surface area contributed by atoms with Gasteiger partial charge in [0.1, 0.15) is 16.4 Å². The van der Waals surface area contributed by atoms with Crippen molar-refractivity contribution >= 4 is 16.0 Å². The van der Waals surface area contributed by atoms with Crippen LogP contribution in [0.3, 0.4) is 0 Å². The number of carboxylic acids is 1. The molecule has 1 aromatic carbocycles. The van der Waals surface area contributed by atoms with Gasteiger partial charge in [0.15, 0.2) is 0 Å². The van der Waals surface area contributed by atoms with E-state index in [1.54, 1.807) is 32.9 Å². The molecule has 2 rings (SSSR count). The Morgan fingerprint density at radius 2 is 1.82 bits per heavy atom. The van der Waals surface area contributed by atoms with E-state index < -0.39 is 22.0 Å². The first-order chi connectivity index (χ1) is 10.2. The molecule has 0 fully saturated rings. The SMILES string of the molecule is Cc1cc(S(=O)(=O)N[C@H](C)c2ccc(C(=O)O)cc2)c(C)o1. The number of furan rings is 1. The Morgan fingerprint density at radius 1 is 1.23 bits per heavy atom. The largest absolute Gasteiger partial charge is 0.478 e. The fourth-order valence-electron chi connectivity index (χ4n) is 2.15. The molecule has 0 aliphatic carbocycles. The van der Waals surface area contributed by atoms with Crippen LogP contribution in [-0.2, 0) is 10.0 Å². The van der Waals surface area contributed by atoms with Crippen molar-refractivity contribution in [1.29, 1.82) is 0 Å². The standard InChI is InChI=1S/C15H17NO5S/c1-9-8-14(11(3)21-9)22(19,20)16-10(2)12-4-6-13(7-5-12)15(17)18/h4-8,10,16H,1-3H3,(H,17,18)/t10-/m1/s1. The predicted octanol–water partition coefficient (Wildman–Crippen LogP) is 2.63. The molecule has 0 radical (unpaired) electrons. The molecule has 1 atom stereocenters. The van der Waals surface area contributed by atoms with Crippen LogP contribution in [-0.4, -0.2) is 19.5 Å². The molecule has 118 valence electrons. The number of aryl methyl sites for hydroxylation is 2. The molecule has 0 amide bonds. The molecule has 1 aromatic heterocycles. The van der Waals surface area contributed by atoms with Crippen LogP contribution < -0.4 is 4.72 Å². The van der Waals surface area contributed by atoms with E-state index in [-0.39, 0.29) is 10.5 Å². The highest BCUT2D eigenvalue weighted by Gasteiger charge is 2.23. The second kappa shape index (κ2) is 5.94. The molecule has 0 aliphatic heterocycles. The second-order valence-corrected chi connectivity index (χ2v) is 6.73. The number of carboxylic acid groups (broad SMARTS) is 1. The van der Waals surface area contributed by atoms with Crippen molar-refractivity contribution in [2.75, 3.05) is 0 Å². The fourth-order valence-corrected chi connectivity index (χ4v) is 3.62. The van der Waals surface area contributed by atoms with Crippen molar-refractivity contribution in [3.63, 3.8) is 0 Å². The zero-order chi connectivity index (χ0) is 16.5. The Labute approximate surface area is 128 Å². The lowest BCUT2D eigenvalue weighted by molar-refractivity contribution is 0.0697. The second-order valence-electron chi connectivity index (χ2n) is 5.05. The van der Waals surface area contributed by atoms with Crippen LogP contribution in [0.4, 0.5) is 0 Å². The number of benzene rings is 1. The first-order valence-electron chi connectivity index (χ1n) is 6.63. The zero-order valence-electron chi connectivity index (χ0n) is 12.5. The third-order valence-corrected chi connectivity index (χ3v) is 4.92. The van der Waals surface area contributed by atoms with Crippen LogP contribution in [0.5, 0.6) is 0 Å². The summed E-state index contributed by atoms with van der Waals surface area (Å²) < 4.78 is 32.5. The van der Waals surface area contributed by atoms with E-state index >= 15 is 0 Å². The monoisotopic (exact) mass is 323 g/mol. The van der Waals surface area contributed by atoms with Crippen molar-refractivity contribution in [2.24, 2.45) is 0 Å². The van der Waals surface area contributed by atoms with Crippen molar-refractivity contribution in [3.05, 3.63) is 53.0 Å². The maximum Gasteiger partial charge on any atom is 0.335 e. The van der Waals surface area contributed by atoms with Gasteiger partial charge in [0.05, 0.1) is 5.56 Å². The quantitative estimate of drug-likeness (QED) is 0.881. The number of hydrogen-bond donors (Lipinski definition) is 2. The van der Waals surface area contributed by atoms with Crippen LogP contribution in [0.1, 0.15) is 40.4 Å². The summed E-state index contributed by atoms with van der Waals surface area (Å²) in [5.41, 5.74) is 0.826. The number of hydrogen-bond acceptors (Lipinski definition) is 4. The average Bonchev–Trinajstić information content (AvgIpc) is 2.78. The van der Waals surface area contributed by atoms with E-state index in [9.17, 15) is 13.2 Å². The summed E-state index contributed by atoms with van der Waals surface area (Å²) in [6, 6.07) is 7.03. The fraction of sp³-hybridized carbons (Fsp3) is 0.267. The molecule has 0 saturated heterocycles. The van der Waals surface area contributed by atoms with E-state index in [4.69, 9.17) is 9.52 Å². The summed E-state index contributed by atoms with van der Waals surface area (Å²) in [5.74, 6) is -0.168. The van der Waals surface area contributed by atoms with Crippen molar-refractivity contribution in [3.8, 4) is 0 Å². The van der Waals surface area contributed by atoms with E-state index in [0.29, 0.717) is 17.1 Å². The van der Waals surface area contributed by atoms with Gasteiger partial charge in [-0.1, -0.05) is 12.1 Å². The first-order valence-corrected chi connectivity index (χ1v) is 8.11. The van der Waals surface area contributed by atoms with E-state index in [1.165, 1.54) is 18.2 Å². The van der Waals surface area contributed by atoms with Crippen molar-refractivity contribution in [1.82, 2.24) is 4.72 Å². The highest BCUT2D eigenvalue weighted by molar-refractivity contribution is 7.89. The Balaban J connectivity index is 2.22. The van der Waals surface area contributed by atoms with Gasteiger partial charge < -0.3 is 9.52 Å². The first kappa shape index (κ1) is 16.3. The Morgan fingerprint density at radius 3 is 2.27 bits per heavy atom. The van der Waals surface area contributed by atoms with Gasteiger partial charge in [-0.15, -0.1) is 0 Å². The van der Waals surface area contributed by atoms with Crippen LogP contribution >= 0.6 is 0 Å². The summed E-state index contributed by atoms with van der Waals surface area (Å²) in [6.07, 6.45) is 0. The van der Waals surface area contributed by atoms with Gasteiger partial charge in [0, 0.05) is 6.04 Å². The van der Waals surface area contributed by atoms with Gasteiger partial charge in [-0.2, -0.15) is 0 Å².